The van der Waals surface area contributed by atoms with E-state index in [1.807, 2.05) is 24.3 Å². The first-order valence-electron chi connectivity index (χ1n) is 10.6. The highest BCUT2D eigenvalue weighted by molar-refractivity contribution is 7.89. The maximum absolute atomic E-state index is 13.5. The molecule has 0 unspecified atom stereocenters. The Labute approximate surface area is 189 Å². The summed E-state index contributed by atoms with van der Waals surface area (Å²) < 4.78 is 33.4. The van der Waals surface area contributed by atoms with Crippen LogP contribution in [-0.2, 0) is 30.8 Å². The minimum atomic E-state index is -3.85. The van der Waals surface area contributed by atoms with Crippen molar-refractivity contribution in [2.45, 2.75) is 37.1 Å². The molecule has 1 aliphatic rings. The lowest BCUT2D eigenvalue weighted by Gasteiger charge is -2.36. The van der Waals surface area contributed by atoms with Gasteiger partial charge in [-0.15, -0.1) is 0 Å². The van der Waals surface area contributed by atoms with E-state index in [1.54, 1.807) is 19.2 Å². The summed E-state index contributed by atoms with van der Waals surface area (Å²) in [5, 5.41) is 5.48. The van der Waals surface area contributed by atoms with Crippen molar-refractivity contribution >= 4 is 27.5 Å². The molecule has 172 valence electrons. The molecule has 0 saturated carbocycles. The number of amides is 2. The number of sulfonamides is 1. The van der Waals surface area contributed by atoms with Crippen LogP contribution in [0.25, 0.3) is 0 Å². The highest BCUT2D eigenvalue weighted by Crippen LogP contribution is 2.36. The van der Waals surface area contributed by atoms with Crippen LogP contribution in [0.3, 0.4) is 0 Å². The van der Waals surface area contributed by atoms with Gasteiger partial charge in [0.2, 0.25) is 21.8 Å². The summed E-state index contributed by atoms with van der Waals surface area (Å²) >= 11 is 0. The molecule has 32 heavy (non-hydrogen) atoms. The van der Waals surface area contributed by atoms with E-state index in [0.29, 0.717) is 31.7 Å². The Kier molecular flexibility index (Phi) is 8.00. The van der Waals surface area contributed by atoms with Crippen molar-refractivity contribution in [2.24, 2.45) is 0 Å². The Balaban J connectivity index is 1.85. The summed E-state index contributed by atoms with van der Waals surface area (Å²) in [5.41, 5.74) is 2.42. The van der Waals surface area contributed by atoms with Crippen LogP contribution in [0.1, 0.15) is 36.9 Å². The summed E-state index contributed by atoms with van der Waals surface area (Å²) in [4.78, 5) is 24.0. The molecule has 2 aromatic rings. The SMILES string of the molecule is COCCCNC(=O)C[C@H]1c2ccccc2CCN1S(=O)(=O)c1ccc(NC(C)=O)cc1. The Hall–Kier alpha value is -2.75. The quantitative estimate of drug-likeness (QED) is 0.561. The molecule has 0 spiro atoms. The van der Waals surface area contributed by atoms with Crippen molar-refractivity contribution in [2.75, 3.05) is 32.1 Å². The smallest absolute Gasteiger partial charge is 0.243 e. The Morgan fingerprint density at radius 3 is 2.53 bits per heavy atom. The van der Waals surface area contributed by atoms with E-state index < -0.39 is 16.1 Å². The number of nitrogens with one attached hydrogen (secondary N) is 2. The molecule has 3 rings (SSSR count). The molecular formula is C23H29N3O5S. The minimum absolute atomic E-state index is 0.0349. The van der Waals surface area contributed by atoms with Gasteiger partial charge < -0.3 is 15.4 Å². The number of ether oxygens (including phenoxy) is 1. The zero-order valence-electron chi connectivity index (χ0n) is 18.3. The Morgan fingerprint density at radius 1 is 1.12 bits per heavy atom. The largest absolute Gasteiger partial charge is 0.385 e. The van der Waals surface area contributed by atoms with Crippen LogP contribution in [0.4, 0.5) is 5.69 Å². The van der Waals surface area contributed by atoms with Crippen LogP contribution in [0, 0.1) is 0 Å². The summed E-state index contributed by atoms with van der Waals surface area (Å²) in [7, 11) is -2.25. The number of hydrogen-bond donors (Lipinski definition) is 2. The standard InChI is InChI=1S/C23H29N3O5S/c1-17(27)25-19-8-10-20(11-9-19)32(29,30)26-14-12-18-6-3-4-7-21(18)22(26)16-23(28)24-13-5-15-31-2/h3-4,6-11,22H,5,12-16H2,1-2H3,(H,24,28)(H,25,27)/t22-/m0/s1. The summed E-state index contributed by atoms with van der Waals surface area (Å²) in [6, 6.07) is 13.1. The first-order valence-corrected chi connectivity index (χ1v) is 12.0. The van der Waals surface area contributed by atoms with Crippen LogP contribution in [0.15, 0.2) is 53.4 Å². The topological polar surface area (TPSA) is 105 Å². The van der Waals surface area contributed by atoms with Crippen LogP contribution in [-0.4, -0.2) is 51.3 Å². The molecule has 2 N–H and O–H groups in total. The predicted octanol–water partition coefficient (Wildman–Crippen LogP) is 2.48. The minimum Gasteiger partial charge on any atom is -0.385 e. The highest BCUT2D eigenvalue weighted by atomic mass is 32.2. The third-order valence-electron chi connectivity index (χ3n) is 5.37. The lowest BCUT2D eigenvalue weighted by Crippen LogP contribution is -2.42. The van der Waals surface area contributed by atoms with Gasteiger partial charge in [-0.25, -0.2) is 8.42 Å². The van der Waals surface area contributed by atoms with Crippen molar-refractivity contribution in [3.63, 3.8) is 0 Å². The molecule has 8 nitrogen and oxygen atoms in total. The van der Waals surface area contributed by atoms with Gasteiger partial charge in [0, 0.05) is 45.8 Å². The summed E-state index contributed by atoms with van der Waals surface area (Å²) in [6.07, 6.45) is 1.30. The summed E-state index contributed by atoms with van der Waals surface area (Å²) in [6.45, 7) is 2.69. The second-order valence-electron chi connectivity index (χ2n) is 7.69. The van der Waals surface area contributed by atoms with E-state index in [4.69, 9.17) is 4.74 Å². The number of benzene rings is 2. The number of anilines is 1. The van der Waals surface area contributed by atoms with E-state index in [-0.39, 0.29) is 29.7 Å². The second-order valence-corrected chi connectivity index (χ2v) is 9.58. The molecule has 0 saturated heterocycles. The average molecular weight is 460 g/mol. The van der Waals surface area contributed by atoms with Crippen molar-refractivity contribution in [1.29, 1.82) is 0 Å². The van der Waals surface area contributed by atoms with E-state index in [2.05, 4.69) is 10.6 Å². The van der Waals surface area contributed by atoms with E-state index >= 15 is 0 Å². The highest BCUT2D eigenvalue weighted by Gasteiger charge is 2.37. The van der Waals surface area contributed by atoms with E-state index in [0.717, 1.165) is 11.1 Å². The van der Waals surface area contributed by atoms with Crippen molar-refractivity contribution in [3.8, 4) is 0 Å². The normalized spacial score (nSPS) is 16.2. The van der Waals surface area contributed by atoms with Crippen LogP contribution in [0.2, 0.25) is 0 Å². The monoisotopic (exact) mass is 459 g/mol. The first kappa shape index (κ1) is 23.9. The molecule has 1 aliphatic heterocycles. The number of methoxy groups -OCH3 is 1. The average Bonchev–Trinajstić information content (AvgIpc) is 2.77. The van der Waals surface area contributed by atoms with Crippen LogP contribution < -0.4 is 10.6 Å². The van der Waals surface area contributed by atoms with E-state index in [9.17, 15) is 18.0 Å². The lowest BCUT2D eigenvalue weighted by atomic mass is 9.92. The Bertz CT molecular complexity index is 1050. The number of carbonyl (C=O) groups excluding carboxylic acids is 2. The fraction of sp³-hybridized carbons (Fsp3) is 0.391. The molecule has 1 heterocycles. The molecule has 0 fully saturated rings. The van der Waals surface area contributed by atoms with Gasteiger partial charge in [-0.05, 0) is 48.2 Å². The molecule has 9 heteroatoms. The van der Waals surface area contributed by atoms with Crippen LogP contribution >= 0.6 is 0 Å². The molecule has 1 atom stereocenters. The number of fused-ring (bicyclic) bond motifs is 1. The maximum atomic E-state index is 13.5. The van der Waals surface area contributed by atoms with Gasteiger partial charge in [-0.3, -0.25) is 9.59 Å². The van der Waals surface area contributed by atoms with Gasteiger partial charge in [-0.1, -0.05) is 24.3 Å². The molecule has 0 radical (unpaired) electrons. The second kappa shape index (κ2) is 10.7. The number of carbonyl (C=O) groups is 2. The van der Waals surface area contributed by atoms with Gasteiger partial charge in [0.25, 0.3) is 0 Å². The molecule has 2 aromatic carbocycles. The van der Waals surface area contributed by atoms with E-state index in [1.165, 1.54) is 23.4 Å². The van der Waals surface area contributed by atoms with Crippen molar-refractivity contribution in [1.82, 2.24) is 9.62 Å². The fourth-order valence-corrected chi connectivity index (χ4v) is 5.47. The van der Waals surface area contributed by atoms with Gasteiger partial charge in [-0.2, -0.15) is 4.31 Å². The molecule has 0 aliphatic carbocycles. The zero-order chi connectivity index (χ0) is 23.1. The third-order valence-corrected chi connectivity index (χ3v) is 7.29. The number of hydrogen-bond acceptors (Lipinski definition) is 5. The Morgan fingerprint density at radius 2 is 1.84 bits per heavy atom. The zero-order valence-corrected chi connectivity index (χ0v) is 19.2. The van der Waals surface area contributed by atoms with Gasteiger partial charge in [0.15, 0.2) is 0 Å². The summed E-state index contributed by atoms with van der Waals surface area (Å²) in [5.74, 6) is -0.436. The lowest BCUT2D eigenvalue weighted by molar-refractivity contribution is -0.122. The van der Waals surface area contributed by atoms with Crippen LogP contribution in [0.5, 0.6) is 0 Å². The third kappa shape index (κ3) is 5.73. The molecule has 0 bridgehead atoms. The van der Waals surface area contributed by atoms with Gasteiger partial charge in [0.1, 0.15) is 0 Å². The van der Waals surface area contributed by atoms with Crippen molar-refractivity contribution in [3.05, 3.63) is 59.7 Å². The predicted molar refractivity (Wildman–Crippen MR) is 122 cm³/mol. The molecule has 0 aromatic heterocycles. The van der Waals surface area contributed by atoms with Crippen molar-refractivity contribution < 1.29 is 22.7 Å². The maximum Gasteiger partial charge on any atom is 0.243 e. The number of nitrogens with zero attached hydrogens (tertiary/aromatic N) is 1. The fourth-order valence-electron chi connectivity index (χ4n) is 3.87. The number of rotatable bonds is 9. The first-order chi connectivity index (χ1) is 15.3. The molecule has 2 amide bonds. The van der Waals surface area contributed by atoms with Gasteiger partial charge in [0.05, 0.1) is 10.9 Å². The van der Waals surface area contributed by atoms with Gasteiger partial charge >= 0.3 is 0 Å². The molecular weight excluding hydrogens is 430 g/mol.